The van der Waals surface area contributed by atoms with Crippen molar-refractivity contribution in [1.82, 2.24) is 0 Å². The average Bonchev–Trinajstić information content (AvgIpc) is 3.20. The van der Waals surface area contributed by atoms with Crippen LogP contribution in [0.1, 0.15) is 52.0 Å². The molecule has 0 spiro atoms. The van der Waals surface area contributed by atoms with Gasteiger partial charge in [-0.25, -0.2) is 0 Å². The molecule has 1 aromatic rings. The van der Waals surface area contributed by atoms with E-state index in [0.717, 1.165) is 47.1 Å². The molecule has 1 aromatic heterocycles. The summed E-state index contributed by atoms with van der Waals surface area (Å²) >= 11 is 0. The van der Waals surface area contributed by atoms with E-state index in [1.54, 1.807) is 12.5 Å². The highest BCUT2D eigenvalue weighted by Crippen LogP contribution is 2.64. The largest absolute Gasteiger partial charge is 0.472 e. The summed E-state index contributed by atoms with van der Waals surface area (Å²) in [5, 5.41) is 0. The number of furan rings is 1. The molecule has 0 amide bonds. The van der Waals surface area contributed by atoms with Gasteiger partial charge in [-0.2, -0.15) is 0 Å². The Morgan fingerprint density at radius 3 is 2.72 bits per heavy atom. The lowest BCUT2D eigenvalue weighted by atomic mass is 9.57. The van der Waals surface area contributed by atoms with Gasteiger partial charge in [0.2, 0.25) is 0 Å². The number of hydrogen-bond donors (Lipinski definition) is 0. The first-order valence-corrected chi connectivity index (χ1v) is 8.94. The molecule has 25 heavy (non-hydrogen) atoms. The molecule has 3 aliphatic rings. The van der Waals surface area contributed by atoms with Gasteiger partial charge in [-0.1, -0.05) is 13.8 Å². The second-order valence-electron chi connectivity index (χ2n) is 8.18. The van der Waals surface area contributed by atoms with Crippen LogP contribution in [0.3, 0.4) is 0 Å². The Kier molecular flexibility index (Phi) is 3.40. The van der Waals surface area contributed by atoms with Crippen molar-refractivity contribution in [2.75, 3.05) is 7.11 Å². The summed E-state index contributed by atoms with van der Waals surface area (Å²) in [6.45, 7) is 6.38. The van der Waals surface area contributed by atoms with E-state index >= 15 is 0 Å². The van der Waals surface area contributed by atoms with Crippen molar-refractivity contribution >= 4 is 17.3 Å². The number of carbonyl (C=O) groups excluding carboxylic acids is 2. The molecule has 0 aromatic carbocycles. The van der Waals surface area contributed by atoms with Crippen molar-refractivity contribution in [3.63, 3.8) is 0 Å². The fourth-order valence-electron chi connectivity index (χ4n) is 5.18. The highest BCUT2D eigenvalue weighted by atomic mass is 16.5. The van der Waals surface area contributed by atoms with Crippen molar-refractivity contribution in [1.29, 1.82) is 0 Å². The van der Waals surface area contributed by atoms with E-state index in [2.05, 4.69) is 13.8 Å². The number of esters is 1. The zero-order chi connectivity index (χ0) is 18.0. The molecule has 0 aliphatic heterocycles. The molecule has 0 bridgehead atoms. The van der Waals surface area contributed by atoms with E-state index in [1.807, 2.05) is 13.0 Å². The van der Waals surface area contributed by atoms with Crippen LogP contribution in [-0.4, -0.2) is 18.9 Å². The second-order valence-corrected chi connectivity index (χ2v) is 8.18. The lowest BCUT2D eigenvalue weighted by molar-refractivity contribution is -0.151. The van der Waals surface area contributed by atoms with Crippen molar-refractivity contribution in [3.05, 3.63) is 40.9 Å². The number of hydrogen-bond acceptors (Lipinski definition) is 4. The summed E-state index contributed by atoms with van der Waals surface area (Å²) in [6.07, 6.45) is 6.27. The number of Topliss-reactive ketones (excluding diaryl/α,β-unsaturated/α-hetero) is 1. The van der Waals surface area contributed by atoms with E-state index in [-0.39, 0.29) is 23.6 Å². The standard InChI is InChI=1S/C21H24O4/c1-12-5-6-15-18-17(16(22)10-21(15,3)19(23)24-4)14(9-20(12,18)2)13-7-8-25-11-13/h7-8,11-12H,5-6,9-10H2,1-4H3/t12-,20+,21+/m0/s1. The maximum atomic E-state index is 13.2. The Bertz CT molecular complexity index is 826. The SMILES string of the molecule is COC(=O)[C@]1(C)CC(=O)C2=C(c3ccoc3)C[C@@]3(C)C2=C1CC[C@@H]3C. The van der Waals surface area contributed by atoms with Crippen LogP contribution in [0.4, 0.5) is 0 Å². The number of ether oxygens (including phenoxy) is 1. The molecule has 132 valence electrons. The van der Waals surface area contributed by atoms with Gasteiger partial charge in [-0.05, 0) is 60.3 Å². The Hall–Kier alpha value is -2.10. The molecule has 0 radical (unpaired) electrons. The second kappa shape index (κ2) is 5.20. The van der Waals surface area contributed by atoms with Gasteiger partial charge in [-0.3, -0.25) is 9.59 Å². The van der Waals surface area contributed by atoms with Crippen LogP contribution < -0.4 is 0 Å². The molecule has 0 saturated carbocycles. The lowest BCUT2D eigenvalue weighted by Gasteiger charge is -2.46. The average molecular weight is 340 g/mol. The first-order valence-electron chi connectivity index (χ1n) is 8.94. The summed E-state index contributed by atoms with van der Waals surface area (Å²) in [6, 6.07) is 1.93. The molecule has 0 N–H and O–H groups in total. The third-order valence-electron chi connectivity index (χ3n) is 6.85. The van der Waals surface area contributed by atoms with Gasteiger partial charge >= 0.3 is 5.97 Å². The van der Waals surface area contributed by atoms with Gasteiger partial charge in [0.1, 0.15) is 0 Å². The summed E-state index contributed by atoms with van der Waals surface area (Å²) in [7, 11) is 1.41. The van der Waals surface area contributed by atoms with Crippen LogP contribution in [0.2, 0.25) is 0 Å². The quantitative estimate of drug-likeness (QED) is 0.752. The van der Waals surface area contributed by atoms with Gasteiger partial charge < -0.3 is 9.15 Å². The molecule has 0 unspecified atom stereocenters. The Labute approximate surface area is 147 Å². The molecular weight excluding hydrogens is 316 g/mol. The van der Waals surface area contributed by atoms with E-state index in [1.165, 1.54) is 7.11 Å². The fourth-order valence-corrected chi connectivity index (χ4v) is 5.18. The maximum Gasteiger partial charge on any atom is 0.316 e. The monoisotopic (exact) mass is 340 g/mol. The first kappa shape index (κ1) is 16.4. The number of allylic oxidation sites excluding steroid dienone is 3. The van der Waals surface area contributed by atoms with E-state index < -0.39 is 5.41 Å². The molecule has 1 heterocycles. The van der Waals surface area contributed by atoms with Crippen LogP contribution in [-0.2, 0) is 14.3 Å². The van der Waals surface area contributed by atoms with Crippen LogP contribution >= 0.6 is 0 Å². The van der Waals surface area contributed by atoms with Crippen molar-refractivity contribution in [2.24, 2.45) is 16.7 Å². The third-order valence-corrected chi connectivity index (χ3v) is 6.85. The fraction of sp³-hybridized carbons (Fsp3) is 0.524. The zero-order valence-corrected chi connectivity index (χ0v) is 15.3. The smallest absolute Gasteiger partial charge is 0.316 e. The Morgan fingerprint density at radius 1 is 1.32 bits per heavy atom. The minimum Gasteiger partial charge on any atom is -0.472 e. The van der Waals surface area contributed by atoms with Gasteiger partial charge in [0, 0.05) is 17.6 Å². The van der Waals surface area contributed by atoms with Gasteiger partial charge in [0.05, 0.1) is 25.1 Å². The molecule has 0 fully saturated rings. The molecule has 3 aliphatic carbocycles. The topological polar surface area (TPSA) is 56.5 Å². The zero-order valence-electron chi connectivity index (χ0n) is 15.3. The highest BCUT2D eigenvalue weighted by molar-refractivity contribution is 6.12. The number of rotatable bonds is 2. The van der Waals surface area contributed by atoms with Gasteiger partial charge in [0.15, 0.2) is 5.78 Å². The molecule has 4 heteroatoms. The Balaban J connectivity index is 2.01. The molecular formula is C21H24O4. The number of ketones is 1. The summed E-state index contributed by atoms with van der Waals surface area (Å²) < 4.78 is 10.4. The molecule has 3 atom stereocenters. The van der Waals surface area contributed by atoms with Crippen molar-refractivity contribution in [2.45, 2.75) is 46.5 Å². The van der Waals surface area contributed by atoms with Crippen LogP contribution in [0.15, 0.2) is 39.7 Å². The summed E-state index contributed by atoms with van der Waals surface area (Å²) in [5.41, 5.74) is 4.19. The van der Waals surface area contributed by atoms with E-state index in [4.69, 9.17) is 9.15 Å². The molecule has 0 saturated heterocycles. The highest BCUT2D eigenvalue weighted by Gasteiger charge is 2.57. The molecule has 4 rings (SSSR count). The van der Waals surface area contributed by atoms with Gasteiger partial charge in [0.25, 0.3) is 0 Å². The van der Waals surface area contributed by atoms with E-state index in [9.17, 15) is 9.59 Å². The minimum atomic E-state index is -0.835. The van der Waals surface area contributed by atoms with Crippen LogP contribution in [0.25, 0.3) is 5.57 Å². The molecule has 4 nitrogen and oxygen atoms in total. The van der Waals surface area contributed by atoms with Crippen LogP contribution in [0, 0.1) is 16.7 Å². The van der Waals surface area contributed by atoms with E-state index in [0.29, 0.717) is 5.92 Å². The normalized spacial score (nSPS) is 34.4. The predicted molar refractivity (Wildman–Crippen MR) is 93.5 cm³/mol. The van der Waals surface area contributed by atoms with Gasteiger partial charge in [-0.15, -0.1) is 0 Å². The Morgan fingerprint density at radius 2 is 2.08 bits per heavy atom. The first-order chi connectivity index (χ1) is 11.8. The van der Waals surface area contributed by atoms with Crippen LogP contribution in [0.5, 0.6) is 0 Å². The summed E-state index contributed by atoms with van der Waals surface area (Å²) in [4.78, 5) is 25.7. The number of methoxy groups -OCH3 is 1. The third kappa shape index (κ3) is 2.00. The predicted octanol–water partition coefficient (Wildman–Crippen LogP) is 4.32. The van der Waals surface area contributed by atoms with Crippen molar-refractivity contribution < 1.29 is 18.7 Å². The summed E-state index contributed by atoms with van der Waals surface area (Å²) in [5.74, 6) is 0.218. The number of carbonyl (C=O) groups is 2. The maximum absolute atomic E-state index is 13.2. The lowest BCUT2D eigenvalue weighted by Crippen LogP contribution is -2.43. The minimum absolute atomic E-state index is 0.0562. The van der Waals surface area contributed by atoms with Crippen molar-refractivity contribution in [3.8, 4) is 0 Å².